The first kappa shape index (κ1) is 18.6. The number of aromatic nitrogens is 2. The highest BCUT2D eigenvalue weighted by Crippen LogP contribution is 2.21. The molecule has 1 aliphatic rings. The van der Waals surface area contributed by atoms with Crippen molar-refractivity contribution >= 4 is 23.3 Å². The van der Waals surface area contributed by atoms with Gasteiger partial charge in [-0.2, -0.15) is 0 Å². The van der Waals surface area contributed by atoms with Crippen LogP contribution in [0.15, 0.2) is 36.7 Å². The summed E-state index contributed by atoms with van der Waals surface area (Å²) >= 11 is 5.85. The number of nitrogens with one attached hydrogen (secondary N) is 2. The van der Waals surface area contributed by atoms with Gasteiger partial charge in [0.25, 0.3) is 0 Å². The number of carbonyl (C=O) groups excluding carboxylic acids is 1. The molecule has 8 heteroatoms. The van der Waals surface area contributed by atoms with Crippen LogP contribution in [0.5, 0.6) is 0 Å². The van der Waals surface area contributed by atoms with Gasteiger partial charge in [0, 0.05) is 32.0 Å². The molecule has 2 aromatic rings. The minimum Gasteiger partial charge on any atom is -0.379 e. The van der Waals surface area contributed by atoms with Gasteiger partial charge in [0.1, 0.15) is 5.15 Å². The standard InChI is InChI=1S/C18H22ClN5O2/c1-13-15(2-3-17(19)22-13)23-18(25)21-12-16(14-4-6-20-7-5-14)24-8-10-26-11-9-24/h2-7,16H,8-12H2,1H3,(H2,21,23,25). The van der Waals surface area contributed by atoms with Crippen LogP contribution in [0, 0.1) is 6.92 Å². The Kier molecular flexibility index (Phi) is 6.38. The van der Waals surface area contributed by atoms with Crippen LogP contribution in [0.2, 0.25) is 5.15 Å². The Bertz CT molecular complexity index is 738. The van der Waals surface area contributed by atoms with Crippen molar-refractivity contribution < 1.29 is 9.53 Å². The second kappa shape index (κ2) is 8.93. The molecule has 0 aromatic carbocycles. The summed E-state index contributed by atoms with van der Waals surface area (Å²) in [4.78, 5) is 22.9. The second-order valence-electron chi connectivity index (χ2n) is 6.05. The first-order chi connectivity index (χ1) is 12.6. The summed E-state index contributed by atoms with van der Waals surface area (Å²) in [6, 6.07) is 7.14. The summed E-state index contributed by atoms with van der Waals surface area (Å²) in [5, 5.41) is 6.18. The van der Waals surface area contributed by atoms with Crippen molar-refractivity contribution in [2.45, 2.75) is 13.0 Å². The molecule has 1 unspecified atom stereocenters. The van der Waals surface area contributed by atoms with Gasteiger partial charge in [0.05, 0.1) is 30.6 Å². The van der Waals surface area contributed by atoms with Crippen molar-refractivity contribution in [3.63, 3.8) is 0 Å². The third kappa shape index (κ3) is 4.91. The fourth-order valence-electron chi connectivity index (χ4n) is 2.95. The van der Waals surface area contributed by atoms with Crippen LogP contribution in [0.3, 0.4) is 0 Å². The molecule has 3 rings (SSSR count). The molecule has 0 spiro atoms. The van der Waals surface area contributed by atoms with E-state index in [0.717, 1.165) is 18.7 Å². The average Bonchev–Trinajstić information content (AvgIpc) is 2.66. The smallest absolute Gasteiger partial charge is 0.319 e. The molecule has 0 bridgehead atoms. The van der Waals surface area contributed by atoms with Crippen LogP contribution in [0.25, 0.3) is 0 Å². The normalized spacial score (nSPS) is 16.1. The van der Waals surface area contributed by atoms with Gasteiger partial charge in [0.15, 0.2) is 0 Å². The Balaban J connectivity index is 1.64. The number of carbonyl (C=O) groups is 1. The average molecular weight is 376 g/mol. The summed E-state index contributed by atoms with van der Waals surface area (Å²) < 4.78 is 5.44. The van der Waals surface area contributed by atoms with E-state index < -0.39 is 0 Å². The van der Waals surface area contributed by atoms with Crippen molar-refractivity contribution in [2.24, 2.45) is 0 Å². The molecule has 26 heavy (non-hydrogen) atoms. The lowest BCUT2D eigenvalue weighted by Crippen LogP contribution is -2.44. The molecular weight excluding hydrogens is 354 g/mol. The minimum absolute atomic E-state index is 0.0667. The fourth-order valence-corrected chi connectivity index (χ4v) is 3.14. The number of anilines is 1. The van der Waals surface area contributed by atoms with Crippen LogP contribution in [-0.4, -0.2) is 53.7 Å². The van der Waals surface area contributed by atoms with Gasteiger partial charge >= 0.3 is 6.03 Å². The molecule has 1 aliphatic heterocycles. The Morgan fingerprint density at radius 3 is 2.69 bits per heavy atom. The Morgan fingerprint density at radius 1 is 1.27 bits per heavy atom. The largest absolute Gasteiger partial charge is 0.379 e. The molecule has 2 amide bonds. The highest BCUT2D eigenvalue weighted by atomic mass is 35.5. The molecule has 3 heterocycles. The van der Waals surface area contributed by atoms with Crippen LogP contribution < -0.4 is 10.6 Å². The number of amides is 2. The van der Waals surface area contributed by atoms with E-state index in [1.54, 1.807) is 31.5 Å². The quantitative estimate of drug-likeness (QED) is 0.785. The number of urea groups is 1. The van der Waals surface area contributed by atoms with Gasteiger partial charge < -0.3 is 15.4 Å². The molecule has 2 N–H and O–H groups in total. The molecule has 0 radical (unpaired) electrons. The lowest BCUT2D eigenvalue weighted by atomic mass is 10.1. The number of nitrogens with zero attached hydrogens (tertiary/aromatic N) is 3. The van der Waals surface area contributed by atoms with Gasteiger partial charge in [-0.25, -0.2) is 9.78 Å². The van der Waals surface area contributed by atoms with E-state index in [0.29, 0.717) is 36.3 Å². The maximum Gasteiger partial charge on any atom is 0.319 e. The topological polar surface area (TPSA) is 79.4 Å². The number of hydrogen-bond donors (Lipinski definition) is 2. The molecule has 0 saturated carbocycles. The van der Waals surface area contributed by atoms with Crippen LogP contribution in [0.1, 0.15) is 17.3 Å². The minimum atomic E-state index is -0.274. The highest BCUT2D eigenvalue weighted by Gasteiger charge is 2.23. The van der Waals surface area contributed by atoms with Crippen molar-refractivity contribution in [3.8, 4) is 0 Å². The van der Waals surface area contributed by atoms with Crippen molar-refractivity contribution in [3.05, 3.63) is 53.1 Å². The van der Waals surface area contributed by atoms with E-state index in [1.165, 1.54) is 0 Å². The van der Waals surface area contributed by atoms with E-state index in [9.17, 15) is 4.79 Å². The van der Waals surface area contributed by atoms with Gasteiger partial charge in [0.2, 0.25) is 0 Å². The SMILES string of the molecule is Cc1nc(Cl)ccc1NC(=O)NCC(c1ccncc1)N1CCOCC1. The van der Waals surface area contributed by atoms with Crippen LogP contribution in [-0.2, 0) is 4.74 Å². The molecule has 2 aromatic heterocycles. The number of pyridine rings is 2. The number of rotatable bonds is 5. The maximum absolute atomic E-state index is 12.3. The predicted octanol–water partition coefficient (Wildman–Crippen LogP) is 2.63. The van der Waals surface area contributed by atoms with Gasteiger partial charge in [-0.15, -0.1) is 0 Å². The first-order valence-electron chi connectivity index (χ1n) is 8.53. The molecule has 138 valence electrons. The maximum atomic E-state index is 12.3. The Hall–Kier alpha value is -2.22. The number of morpholine rings is 1. The van der Waals surface area contributed by atoms with E-state index in [-0.39, 0.29) is 12.1 Å². The molecule has 1 atom stereocenters. The van der Waals surface area contributed by atoms with Gasteiger partial charge in [-0.3, -0.25) is 9.88 Å². The third-order valence-corrected chi connectivity index (χ3v) is 4.54. The fraction of sp³-hybridized carbons (Fsp3) is 0.389. The number of hydrogen-bond acceptors (Lipinski definition) is 5. The van der Waals surface area contributed by atoms with Gasteiger partial charge in [-0.1, -0.05) is 11.6 Å². The van der Waals surface area contributed by atoms with Crippen molar-refractivity contribution in [2.75, 3.05) is 38.2 Å². The summed E-state index contributed by atoms with van der Waals surface area (Å²) in [6.45, 7) is 5.34. The van der Waals surface area contributed by atoms with Crippen LogP contribution >= 0.6 is 11.6 Å². The Morgan fingerprint density at radius 2 is 2.00 bits per heavy atom. The van der Waals surface area contributed by atoms with Gasteiger partial charge in [-0.05, 0) is 36.8 Å². The molecule has 1 saturated heterocycles. The summed E-state index contributed by atoms with van der Waals surface area (Å²) in [5.74, 6) is 0. The third-order valence-electron chi connectivity index (χ3n) is 4.33. The molecule has 1 fully saturated rings. The Labute approximate surface area is 157 Å². The monoisotopic (exact) mass is 375 g/mol. The highest BCUT2D eigenvalue weighted by molar-refractivity contribution is 6.29. The number of halogens is 1. The zero-order valence-corrected chi connectivity index (χ0v) is 15.4. The molecule has 0 aliphatic carbocycles. The van der Waals surface area contributed by atoms with E-state index in [4.69, 9.17) is 16.3 Å². The predicted molar refractivity (Wildman–Crippen MR) is 100 cm³/mol. The van der Waals surface area contributed by atoms with E-state index in [2.05, 4.69) is 25.5 Å². The summed E-state index contributed by atoms with van der Waals surface area (Å²) in [6.07, 6.45) is 3.54. The van der Waals surface area contributed by atoms with Crippen LogP contribution in [0.4, 0.5) is 10.5 Å². The molecule has 7 nitrogen and oxygen atoms in total. The lowest BCUT2D eigenvalue weighted by molar-refractivity contribution is 0.0167. The van der Waals surface area contributed by atoms with E-state index >= 15 is 0 Å². The first-order valence-corrected chi connectivity index (χ1v) is 8.91. The van der Waals surface area contributed by atoms with Crippen molar-refractivity contribution in [1.82, 2.24) is 20.2 Å². The number of aryl methyl sites for hydroxylation is 1. The summed E-state index contributed by atoms with van der Waals surface area (Å²) in [7, 11) is 0. The van der Waals surface area contributed by atoms with E-state index in [1.807, 2.05) is 12.1 Å². The van der Waals surface area contributed by atoms with Crippen molar-refractivity contribution in [1.29, 1.82) is 0 Å². The zero-order valence-electron chi connectivity index (χ0n) is 14.6. The zero-order chi connectivity index (χ0) is 18.4. The second-order valence-corrected chi connectivity index (χ2v) is 6.43. The summed E-state index contributed by atoms with van der Waals surface area (Å²) in [5.41, 5.74) is 2.43. The molecular formula is C18H22ClN5O2. The lowest BCUT2D eigenvalue weighted by Gasteiger charge is -2.34. The number of ether oxygens (including phenoxy) is 1.